The first-order valence-corrected chi connectivity index (χ1v) is 10.2. The van der Waals surface area contributed by atoms with Gasteiger partial charge in [-0.2, -0.15) is 5.10 Å². The van der Waals surface area contributed by atoms with Gasteiger partial charge in [0.25, 0.3) is 0 Å². The quantitative estimate of drug-likeness (QED) is 0.575. The molecule has 0 bridgehead atoms. The van der Waals surface area contributed by atoms with E-state index in [2.05, 4.69) is 15.4 Å². The van der Waals surface area contributed by atoms with E-state index in [-0.39, 0.29) is 18.5 Å². The van der Waals surface area contributed by atoms with E-state index in [9.17, 15) is 9.18 Å². The summed E-state index contributed by atoms with van der Waals surface area (Å²) in [5.74, 6) is 0.796. The van der Waals surface area contributed by atoms with Crippen LogP contribution < -0.4 is 20.7 Å². The molecule has 0 saturated heterocycles. The molecule has 1 aromatic carbocycles. The number of amides is 1. The molecule has 0 radical (unpaired) electrons. The summed E-state index contributed by atoms with van der Waals surface area (Å²) in [7, 11) is 1.84. The van der Waals surface area contributed by atoms with Crippen molar-refractivity contribution in [2.24, 2.45) is 0 Å². The molecular formula is C22H29FN6O3. The number of benzene rings is 1. The molecule has 0 spiro atoms. The Hall–Kier alpha value is -3.56. The number of nitrogen functional groups attached to an aromatic ring is 1. The van der Waals surface area contributed by atoms with Crippen LogP contribution in [0.3, 0.4) is 0 Å². The Kier molecular flexibility index (Phi) is 6.71. The Morgan fingerprint density at radius 3 is 2.81 bits per heavy atom. The van der Waals surface area contributed by atoms with Gasteiger partial charge in [-0.15, -0.1) is 0 Å². The van der Waals surface area contributed by atoms with Gasteiger partial charge in [0.2, 0.25) is 0 Å². The SMILES string of the molecule is C[C@@H](CNC(=O)OC(C)(C)C)Oc1ccc(F)cc1CN(C)c1ccn2ncc(N)c2n1. The van der Waals surface area contributed by atoms with Gasteiger partial charge in [-0.1, -0.05) is 0 Å². The van der Waals surface area contributed by atoms with E-state index in [0.29, 0.717) is 35.0 Å². The highest BCUT2D eigenvalue weighted by Gasteiger charge is 2.18. The molecule has 32 heavy (non-hydrogen) atoms. The third kappa shape index (κ3) is 5.99. The monoisotopic (exact) mass is 444 g/mol. The topological polar surface area (TPSA) is 107 Å². The molecule has 172 valence electrons. The fraction of sp³-hybridized carbons (Fsp3) is 0.409. The van der Waals surface area contributed by atoms with E-state index in [0.717, 1.165) is 0 Å². The summed E-state index contributed by atoms with van der Waals surface area (Å²) in [5.41, 5.74) is 6.99. The van der Waals surface area contributed by atoms with Crippen LogP contribution in [-0.2, 0) is 11.3 Å². The Morgan fingerprint density at radius 1 is 1.34 bits per heavy atom. The lowest BCUT2D eigenvalue weighted by Gasteiger charge is -2.23. The second-order valence-electron chi connectivity index (χ2n) is 8.57. The van der Waals surface area contributed by atoms with Crippen molar-refractivity contribution in [2.45, 2.75) is 45.9 Å². The maximum absolute atomic E-state index is 14.0. The lowest BCUT2D eigenvalue weighted by atomic mass is 10.1. The molecule has 9 nitrogen and oxygen atoms in total. The number of ether oxygens (including phenoxy) is 2. The Balaban J connectivity index is 1.68. The number of nitrogens with zero attached hydrogens (tertiary/aromatic N) is 4. The van der Waals surface area contributed by atoms with Crippen LogP contribution in [0.1, 0.15) is 33.3 Å². The van der Waals surface area contributed by atoms with Gasteiger partial charge in [0.15, 0.2) is 5.65 Å². The van der Waals surface area contributed by atoms with Gasteiger partial charge < -0.3 is 25.4 Å². The number of fused-ring (bicyclic) bond motifs is 1. The number of nitrogens with two attached hydrogens (primary N) is 1. The number of aromatic nitrogens is 3. The second-order valence-corrected chi connectivity index (χ2v) is 8.57. The molecule has 10 heteroatoms. The molecule has 1 amide bonds. The largest absolute Gasteiger partial charge is 0.489 e. The van der Waals surface area contributed by atoms with Crippen molar-refractivity contribution in [3.8, 4) is 5.75 Å². The standard InChI is InChI=1S/C22H29FN6O3/c1-14(11-25-21(30)32-22(2,3)4)31-18-7-6-16(23)10-15(18)13-28(5)19-8-9-29-20(27-19)17(24)12-26-29/h6-10,12,14H,11,13,24H2,1-5H3,(H,25,30)/t14-/m0/s1. The van der Waals surface area contributed by atoms with Crippen LogP contribution in [0, 0.1) is 5.82 Å². The molecule has 0 saturated carbocycles. The lowest BCUT2D eigenvalue weighted by molar-refractivity contribution is 0.0505. The molecule has 3 rings (SSSR count). The normalized spacial score (nSPS) is 12.4. The van der Waals surface area contributed by atoms with E-state index in [1.54, 1.807) is 43.6 Å². The predicted molar refractivity (Wildman–Crippen MR) is 120 cm³/mol. The van der Waals surface area contributed by atoms with Gasteiger partial charge in [-0.3, -0.25) is 0 Å². The minimum absolute atomic E-state index is 0.236. The van der Waals surface area contributed by atoms with Crippen LogP contribution in [-0.4, -0.2) is 46.0 Å². The van der Waals surface area contributed by atoms with Crippen molar-refractivity contribution < 1.29 is 18.7 Å². The van der Waals surface area contributed by atoms with Crippen LogP contribution in [0.15, 0.2) is 36.7 Å². The molecule has 2 heterocycles. The van der Waals surface area contributed by atoms with Crippen LogP contribution in [0.4, 0.5) is 20.7 Å². The highest BCUT2D eigenvalue weighted by molar-refractivity contribution is 5.67. The number of carbonyl (C=O) groups excluding carboxylic acids is 1. The van der Waals surface area contributed by atoms with E-state index < -0.39 is 11.7 Å². The number of alkyl carbamates (subject to hydrolysis) is 1. The van der Waals surface area contributed by atoms with Crippen LogP contribution in [0.2, 0.25) is 0 Å². The summed E-state index contributed by atoms with van der Waals surface area (Å²) < 4.78 is 26.8. The summed E-state index contributed by atoms with van der Waals surface area (Å²) in [6.45, 7) is 7.77. The van der Waals surface area contributed by atoms with Gasteiger partial charge in [-0.05, 0) is 52.0 Å². The molecule has 2 aromatic heterocycles. The van der Waals surface area contributed by atoms with Crippen molar-refractivity contribution in [2.75, 3.05) is 24.2 Å². The number of nitrogens with one attached hydrogen (secondary N) is 1. The van der Waals surface area contributed by atoms with E-state index in [1.807, 2.05) is 18.9 Å². The van der Waals surface area contributed by atoms with Gasteiger partial charge in [0, 0.05) is 25.4 Å². The van der Waals surface area contributed by atoms with E-state index in [1.165, 1.54) is 18.3 Å². The smallest absolute Gasteiger partial charge is 0.407 e. The summed E-state index contributed by atoms with van der Waals surface area (Å²) in [6, 6.07) is 6.14. The number of halogens is 1. The Labute approximate surface area is 186 Å². The number of anilines is 2. The third-order valence-electron chi connectivity index (χ3n) is 4.46. The number of carbonyl (C=O) groups is 1. The molecule has 3 aromatic rings. The van der Waals surface area contributed by atoms with Crippen LogP contribution in [0.5, 0.6) is 5.75 Å². The maximum atomic E-state index is 14.0. The Bertz CT molecular complexity index is 1090. The van der Waals surface area contributed by atoms with E-state index >= 15 is 0 Å². The maximum Gasteiger partial charge on any atom is 0.407 e. The predicted octanol–water partition coefficient (Wildman–Crippen LogP) is 3.38. The minimum atomic E-state index is -0.582. The van der Waals surface area contributed by atoms with Crippen molar-refractivity contribution in [3.05, 3.63) is 48.0 Å². The highest BCUT2D eigenvalue weighted by Crippen LogP contribution is 2.25. The molecule has 0 unspecified atom stereocenters. The molecule has 0 aliphatic carbocycles. The fourth-order valence-electron chi connectivity index (χ4n) is 3.01. The summed E-state index contributed by atoms with van der Waals surface area (Å²) >= 11 is 0. The van der Waals surface area contributed by atoms with Gasteiger partial charge >= 0.3 is 6.09 Å². The van der Waals surface area contributed by atoms with Crippen molar-refractivity contribution in [1.29, 1.82) is 0 Å². The highest BCUT2D eigenvalue weighted by atomic mass is 19.1. The Morgan fingerprint density at radius 2 is 2.09 bits per heavy atom. The average molecular weight is 445 g/mol. The number of hydrogen-bond donors (Lipinski definition) is 2. The molecule has 0 aliphatic rings. The summed E-state index contributed by atoms with van der Waals surface area (Å²) in [6.07, 6.45) is 2.42. The minimum Gasteiger partial charge on any atom is -0.489 e. The molecule has 0 fully saturated rings. The van der Waals surface area contributed by atoms with E-state index in [4.69, 9.17) is 15.2 Å². The zero-order chi connectivity index (χ0) is 23.5. The second kappa shape index (κ2) is 9.29. The zero-order valence-corrected chi connectivity index (χ0v) is 18.9. The molecule has 1 atom stereocenters. The first-order chi connectivity index (χ1) is 15.0. The molecule has 0 aliphatic heterocycles. The van der Waals surface area contributed by atoms with Crippen molar-refractivity contribution in [3.63, 3.8) is 0 Å². The number of hydrogen-bond acceptors (Lipinski definition) is 7. The van der Waals surface area contributed by atoms with Crippen LogP contribution >= 0.6 is 0 Å². The number of rotatable bonds is 7. The first kappa shape index (κ1) is 23.1. The average Bonchev–Trinajstić information content (AvgIpc) is 3.07. The van der Waals surface area contributed by atoms with Crippen LogP contribution in [0.25, 0.3) is 5.65 Å². The lowest BCUT2D eigenvalue weighted by Crippen LogP contribution is -2.37. The summed E-state index contributed by atoms with van der Waals surface area (Å²) in [4.78, 5) is 18.2. The van der Waals surface area contributed by atoms with Gasteiger partial charge in [0.1, 0.15) is 29.1 Å². The van der Waals surface area contributed by atoms with Gasteiger partial charge in [0.05, 0.1) is 18.4 Å². The third-order valence-corrected chi connectivity index (χ3v) is 4.46. The molecule has 3 N–H and O–H groups in total. The first-order valence-electron chi connectivity index (χ1n) is 10.2. The van der Waals surface area contributed by atoms with Gasteiger partial charge in [-0.25, -0.2) is 18.7 Å². The molecular weight excluding hydrogens is 415 g/mol. The van der Waals surface area contributed by atoms with Crippen molar-refractivity contribution >= 4 is 23.2 Å². The summed E-state index contributed by atoms with van der Waals surface area (Å²) in [5, 5.41) is 6.79. The van der Waals surface area contributed by atoms with Crippen molar-refractivity contribution in [1.82, 2.24) is 19.9 Å². The zero-order valence-electron chi connectivity index (χ0n) is 18.9. The fourth-order valence-corrected chi connectivity index (χ4v) is 3.01.